The van der Waals surface area contributed by atoms with E-state index in [1.54, 1.807) is 31.2 Å². The average molecular weight is 411 g/mol. The number of nitrogens with zero attached hydrogens (tertiary/aromatic N) is 3. The number of carbonyl (C=O) groups excluding carboxylic acids is 1. The molecule has 0 saturated heterocycles. The lowest BCUT2D eigenvalue weighted by atomic mass is 10.1. The van der Waals surface area contributed by atoms with E-state index in [-0.39, 0.29) is 22.7 Å². The number of carbonyl (C=O) groups is 1. The van der Waals surface area contributed by atoms with E-state index in [0.717, 1.165) is 17.8 Å². The van der Waals surface area contributed by atoms with Gasteiger partial charge in [-0.2, -0.15) is 18.4 Å². The van der Waals surface area contributed by atoms with Crippen molar-refractivity contribution in [3.63, 3.8) is 0 Å². The number of anilines is 1. The summed E-state index contributed by atoms with van der Waals surface area (Å²) < 4.78 is 43.8. The van der Waals surface area contributed by atoms with E-state index < -0.39 is 17.6 Å². The first kappa shape index (κ1) is 19.2. The van der Waals surface area contributed by atoms with Gasteiger partial charge in [0.2, 0.25) is 5.76 Å². The van der Waals surface area contributed by atoms with Crippen LogP contribution in [0.15, 0.2) is 47.0 Å². The third-order valence-electron chi connectivity index (χ3n) is 4.36. The molecule has 0 atom stereocenters. The summed E-state index contributed by atoms with van der Waals surface area (Å²) in [6.45, 7) is 1.80. The summed E-state index contributed by atoms with van der Waals surface area (Å²) >= 11 is 0. The maximum atomic E-state index is 12.9. The van der Waals surface area contributed by atoms with Crippen molar-refractivity contribution < 1.29 is 22.4 Å². The number of aromatic amines is 1. The molecule has 0 bridgehead atoms. The van der Waals surface area contributed by atoms with Gasteiger partial charge in [0.1, 0.15) is 11.9 Å². The van der Waals surface area contributed by atoms with Gasteiger partial charge in [-0.3, -0.25) is 4.79 Å². The van der Waals surface area contributed by atoms with E-state index in [2.05, 4.69) is 20.3 Å². The van der Waals surface area contributed by atoms with Crippen LogP contribution in [0.25, 0.3) is 22.6 Å². The molecule has 2 N–H and O–H groups in total. The Morgan fingerprint density at radius 2 is 2.03 bits per heavy atom. The molecule has 3 heterocycles. The zero-order valence-corrected chi connectivity index (χ0v) is 15.3. The highest BCUT2D eigenvalue weighted by Gasteiger charge is 2.31. The van der Waals surface area contributed by atoms with Crippen molar-refractivity contribution in [3.8, 4) is 17.5 Å². The van der Waals surface area contributed by atoms with Crippen LogP contribution in [0, 0.1) is 18.3 Å². The quantitative estimate of drug-likeness (QED) is 0.509. The number of nitrogens with one attached hydrogen (secondary N) is 2. The maximum absolute atomic E-state index is 12.9. The van der Waals surface area contributed by atoms with E-state index in [0.29, 0.717) is 17.1 Å². The second-order valence-electron chi connectivity index (χ2n) is 6.44. The fourth-order valence-corrected chi connectivity index (χ4v) is 2.85. The minimum atomic E-state index is -4.51. The third kappa shape index (κ3) is 3.60. The Kier molecular flexibility index (Phi) is 4.50. The zero-order chi connectivity index (χ0) is 21.5. The Labute approximate surface area is 167 Å². The van der Waals surface area contributed by atoms with Crippen LogP contribution in [0.2, 0.25) is 0 Å². The minimum absolute atomic E-state index is 0.0118. The minimum Gasteiger partial charge on any atom is -0.440 e. The first-order valence-electron chi connectivity index (χ1n) is 8.60. The highest BCUT2D eigenvalue weighted by atomic mass is 19.4. The second-order valence-corrected chi connectivity index (χ2v) is 6.44. The van der Waals surface area contributed by atoms with Crippen LogP contribution in [-0.2, 0) is 6.18 Å². The number of pyridine rings is 1. The molecule has 150 valence electrons. The SMILES string of the molecule is Cc1ccc(NC(=O)c2ccc(C#N)o2)cc1-c1nc2ncc(C(F)(F)F)cc2[nH]1. The number of rotatable bonds is 3. The van der Waals surface area contributed by atoms with E-state index in [1.807, 2.05) is 0 Å². The summed E-state index contributed by atoms with van der Waals surface area (Å²) in [5.74, 6) is -0.248. The van der Waals surface area contributed by atoms with Crippen molar-refractivity contribution in [1.82, 2.24) is 15.0 Å². The number of hydrogen-bond donors (Lipinski definition) is 2. The molecular weight excluding hydrogens is 399 g/mol. The Morgan fingerprint density at radius 3 is 2.73 bits per heavy atom. The van der Waals surface area contributed by atoms with Crippen LogP contribution >= 0.6 is 0 Å². The molecule has 10 heteroatoms. The lowest BCUT2D eigenvalue weighted by Gasteiger charge is -2.08. The van der Waals surface area contributed by atoms with Gasteiger partial charge in [-0.05, 0) is 42.8 Å². The molecule has 1 aromatic carbocycles. The second kappa shape index (κ2) is 7.04. The van der Waals surface area contributed by atoms with Gasteiger partial charge in [0.15, 0.2) is 11.4 Å². The lowest BCUT2D eigenvalue weighted by molar-refractivity contribution is -0.137. The smallest absolute Gasteiger partial charge is 0.417 e. The van der Waals surface area contributed by atoms with Gasteiger partial charge in [-0.1, -0.05) is 6.07 Å². The molecule has 0 radical (unpaired) electrons. The summed E-state index contributed by atoms with van der Waals surface area (Å²) in [6.07, 6.45) is -3.78. The monoisotopic (exact) mass is 411 g/mol. The van der Waals surface area contributed by atoms with Crippen LogP contribution in [0.4, 0.5) is 18.9 Å². The molecular formula is C20H12F3N5O2. The van der Waals surface area contributed by atoms with Gasteiger partial charge < -0.3 is 14.7 Å². The van der Waals surface area contributed by atoms with Crippen molar-refractivity contribution in [1.29, 1.82) is 5.26 Å². The van der Waals surface area contributed by atoms with Gasteiger partial charge in [0, 0.05) is 17.4 Å². The topological polar surface area (TPSA) is 108 Å². The standard InChI is InChI=1S/C20H12F3N5O2/c1-10-2-3-12(26-19(29)16-5-4-13(8-24)30-16)7-14(10)17-27-15-6-11(20(21,22)23)9-25-18(15)28-17/h2-7,9H,1H3,(H,26,29)(H,25,27,28). The van der Waals surface area contributed by atoms with Gasteiger partial charge in [-0.15, -0.1) is 0 Å². The van der Waals surface area contributed by atoms with Crippen molar-refractivity contribution in [2.45, 2.75) is 13.1 Å². The molecule has 0 fully saturated rings. The fraction of sp³-hybridized carbons (Fsp3) is 0.100. The Morgan fingerprint density at radius 1 is 1.23 bits per heavy atom. The Balaban J connectivity index is 1.66. The van der Waals surface area contributed by atoms with Gasteiger partial charge >= 0.3 is 6.18 Å². The first-order chi connectivity index (χ1) is 14.2. The first-order valence-corrected chi connectivity index (χ1v) is 8.60. The molecule has 3 aromatic heterocycles. The molecule has 0 spiro atoms. The van der Waals surface area contributed by atoms with Gasteiger partial charge in [-0.25, -0.2) is 9.97 Å². The van der Waals surface area contributed by atoms with E-state index in [9.17, 15) is 18.0 Å². The molecule has 0 unspecified atom stereocenters. The predicted octanol–water partition coefficient (Wildman–Crippen LogP) is 4.67. The van der Waals surface area contributed by atoms with E-state index in [4.69, 9.17) is 9.68 Å². The molecule has 1 amide bonds. The normalized spacial score (nSPS) is 11.4. The zero-order valence-electron chi connectivity index (χ0n) is 15.3. The summed E-state index contributed by atoms with van der Waals surface area (Å²) in [5.41, 5.74) is 1.20. The number of amides is 1. The number of H-pyrrole nitrogens is 1. The van der Waals surface area contributed by atoms with E-state index >= 15 is 0 Å². The van der Waals surface area contributed by atoms with Crippen LogP contribution < -0.4 is 5.32 Å². The number of alkyl halides is 3. The molecule has 4 rings (SSSR count). The molecule has 7 nitrogen and oxygen atoms in total. The van der Waals surface area contributed by atoms with Crippen molar-refractivity contribution in [3.05, 3.63) is 65.2 Å². The number of nitriles is 1. The van der Waals surface area contributed by atoms with Crippen LogP contribution in [0.3, 0.4) is 0 Å². The molecule has 30 heavy (non-hydrogen) atoms. The molecule has 4 aromatic rings. The van der Waals surface area contributed by atoms with E-state index in [1.165, 1.54) is 12.1 Å². The number of imidazole rings is 1. The Hall–Kier alpha value is -4.13. The highest BCUT2D eigenvalue weighted by Crippen LogP contribution is 2.31. The number of benzene rings is 1. The molecule has 0 saturated carbocycles. The van der Waals surface area contributed by atoms with Gasteiger partial charge in [0.05, 0.1) is 11.1 Å². The number of furan rings is 1. The lowest BCUT2D eigenvalue weighted by Crippen LogP contribution is -2.11. The molecule has 0 aliphatic carbocycles. The fourth-order valence-electron chi connectivity index (χ4n) is 2.85. The highest BCUT2D eigenvalue weighted by molar-refractivity contribution is 6.02. The average Bonchev–Trinajstić information content (AvgIpc) is 3.35. The number of fused-ring (bicyclic) bond motifs is 1. The number of aryl methyl sites for hydroxylation is 1. The summed E-state index contributed by atoms with van der Waals surface area (Å²) in [5, 5.41) is 11.4. The summed E-state index contributed by atoms with van der Waals surface area (Å²) in [7, 11) is 0. The number of halogens is 3. The Bertz CT molecular complexity index is 1310. The largest absolute Gasteiger partial charge is 0.440 e. The van der Waals surface area contributed by atoms with Crippen LogP contribution in [0.1, 0.15) is 27.4 Å². The van der Waals surface area contributed by atoms with Gasteiger partial charge in [0.25, 0.3) is 5.91 Å². The number of aromatic nitrogens is 3. The maximum Gasteiger partial charge on any atom is 0.417 e. The van der Waals surface area contributed by atoms with Crippen molar-refractivity contribution in [2.75, 3.05) is 5.32 Å². The van der Waals surface area contributed by atoms with Crippen LogP contribution in [0.5, 0.6) is 0 Å². The number of hydrogen-bond acceptors (Lipinski definition) is 5. The summed E-state index contributed by atoms with van der Waals surface area (Å²) in [6, 6.07) is 10.5. The van der Waals surface area contributed by atoms with Crippen LogP contribution in [-0.4, -0.2) is 20.9 Å². The molecule has 0 aliphatic rings. The van der Waals surface area contributed by atoms with Crippen molar-refractivity contribution >= 4 is 22.8 Å². The predicted molar refractivity (Wildman–Crippen MR) is 100 cm³/mol. The molecule has 0 aliphatic heterocycles. The summed E-state index contributed by atoms with van der Waals surface area (Å²) in [4.78, 5) is 23.2. The third-order valence-corrected chi connectivity index (χ3v) is 4.36. The van der Waals surface area contributed by atoms with Crippen molar-refractivity contribution in [2.24, 2.45) is 0 Å².